The van der Waals surface area contributed by atoms with Crippen molar-refractivity contribution in [2.45, 2.75) is 33.2 Å². The Morgan fingerprint density at radius 2 is 1.62 bits per heavy atom. The van der Waals surface area contributed by atoms with E-state index in [4.69, 9.17) is 9.47 Å². The highest BCUT2D eigenvalue weighted by Crippen LogP contribution is 1.96. The smallest absolute Gasteiger partial charge is 0.0701 e. The molecule has 0 atom stereocenters. The van der Waals surface area contributed by atoms with Crippen molar-refractivity contribution < 1.29 is 9.47 Å². The minimum atomic E-state index is 0.184. The van der Waals surface area contributed by atoms with Crippen molar-refractivity contribution in [2.75, 3.05) is 33.0 Å². The maximum Gasteiger partial charge on any atom is 0.0701 e. The molecule has 0 saturated heterocycles. The second kappa shape index (κ2) is 7.30. The van der Waals surface area contributed by atoms with Crippen LogP contribution in [0.25, 0.3) is 0 Å². The summed E-state index contributed by atoms with van der Waals surface area (Å²) in [6.07, 6.45) is 0. The van der Waals surface area contributed by atoms with Crippen molar-refractivity contribution in [1.82, 2.24) is 5.32 Å². The van der Waals surface area contributed by atoms with Gasteiger partial charge in [0.15, 0.2) is 0 Å². The Balaban J connectivity index is 3.00. The third-order valence-corrected chi connectivity index (χ3v) is 1.48. The van der Waals surface area contributed by atoms with Crippen LogP contribution in [0, 0.1) is 0 Å². The quantitative estimate of drug-likeness (QED) is 0.615. The van der Waals surface area contributed by atoms with Gasteiger partial charge in [-0.25, -0.2) is 0 Å². The van der Waals surface area contributed by atoms with E-state index in [2.05, 4.69) is 26.1 Å². The van der Waals surface area contributed by atoms with Crippen LogP contribution < -0.4 is 5.32 Å². The average Bonchev–Trinajstić information content (AvgIpc) is 2.01. The lowest BCUT2D eigenvalue weighted by atomic mass is 10.1. The van der Waals surface area contributed by atoms with E-state index >= 15 is 0 Å². The van der Waals surface area contributed by atoms with Gasteiger partial charge in [0.2, 0.25) is 0 Å². The molecule has 0 bridgehead atoms. The van der Waals surface area contributed by atoms with Gasteiger partial charge in [0, 0.05) is 18.7 Å². The molecule has 1 N–H and O–H groups in total. The van der Waals surface area contributed by atoms with E-state index in [1.807, 2.05) is 6.92 Å². The van der Waals surface area contributed by atoms with Crippen LogP contribution in [0.4, 0.5) is 0 Å². The number of hydrogen-bond donors (Lipinski definition) is 1. The van der Waals surface area contributed by atoms with E-state index in [9.17, 15) is 0 Å². The molecular formula is C10H23NO2. The molecule has 0 radical (unpaired) electrons. The molecule has 0 heterocycles. The topological polar surface area (TPSA) is 30.5 Å². The van der Waals surface area contributed by atoms with Gasteiger partial charge >= 0.3 is 0 Å². The first-order valence-corrected chi connectivity index (χ1v) is 4.97. The van der Waals surface area contributed by atoms with Gasteiger partial charge in [-0.1, -0.05) is 0 Å². The Labute approximate surface area is 81.8 Å². The minimum absolute atomic E-state index is 0.184. The van der Waals surface area contributed by atoms with Crippen molar-refractivity contribution >= 4 is 0 Å². The standard InChI is InChI=1S/C10H23NO2/c1-5-12-8-9-13-7-6-11-10(2,3)4/h11H,5-9H2,1-4H3. The fraction of sp³-hybridized carbons (Fsp3) is 1.00. The van der Waals surface area contributed by atoms with Crippen molar-refractivity contribution in [3.63, 3.8) is 0 Å². The molecular weight excluding hydrogens is 166 g/mol. The molecule has 0 spiro atoms. The maximum absolute atomic E-state index is 5.34. The lowest BCUT2D eigenvalue weighted by Crippen LogP contribution is -2.38. The highest BCUT2D eigenvalue weighted by Gasteiger charge is 2.06. The third-order valence-electron chi connectivity index (χ3n) is 1.48. The fourth-order valence-electron chi connectivity index (χ4n) is 0.862. The van der Waals surface area contributed by atoms with Gasteiger partial charge < -0.3 is 14.8 Å². The van der Waals surface area contributed by atoms with Crippen molar-refractivity contribution in [2.24, 2.45) is 0 Å². The normalized spacial score (nSPS) is 12.0. The van der Waals surface area contributed by atoms with Gasteiger partial charge in [-0.2, -0.15) is 0 Å². The first-order chi connectivity index (χ1) is 6.06. The largest absolute Gasteiger partial charge is 0.379 e. The van der Waals surface area contributed by atoms with E-state index in [-0.39, 0.29) is 5.54 Å². The predicted molar refractivity (Wildman–Crippen MR) is 55.1 cm³/mol. The molecule has 0 fully saturated rings. The van der Waals surface area contributed by atoms with Crippen LogP contribution in [0.3, 0.4) is 0 Å². The maximum atomic E-state index is 5.34. The zero-order valence-corrected chi connectivity index (χ0v) is 9.35. The number of nitrogens with one attached hydrogen (secondary N) is 1. The fourth-order valence-corrected chi connectivity index (χ4v) is 0.862. The third kappa shape index (κ3) is 11.9. The van der Waals surface area contributed by atoms with Gasteiger partial charge in [-0.15, -0.1) is 0 Å². The summed E-state index contributed by atoms with van der Waals surface area (Å²) in [5, 5.41) is 3.35. The zero-order valence-electron chi connectivity index (χ0n) is 9.35. The molecule has 0 rings (SSSR count). The van der Waals surface area contributed by atoms with E-state index in [1.165, 1.54) is 0 Å². The monoisotopic (exact) mass is 189 g/mol. The van der Waals surface area contributed by atoms with Crippen LogP contribution in [0.5, 0.6) is 0 Å². The summed E-state index contributed by atoms with van der Waals surface area (Å²) in [7, 11) is 0. The lowest BCUT2D eigenvalue weighted by molar-refractivity contribution is 0.0525. The molecule has 0 aromatic rings. The summed E-state index contributed by atoms with van der Waals surface area (Å²) >= 11 is 0. The van der Waals surface area contributed by atoms with Crippen LogP contribution in [-0.2, 0) is 9.47 Å². The minimum Gasteiger partial charge on any atom is -0.379 e. The zero-order chi connectivity index (χ0) is 10.2. The van der Waals surface area contributed by atoms with E-state index < -0.39 is 0 Å². The van der Waals surface area contributed by atoms with Crippen LogP contribution in [0.1, 0.15) is 27.7 Å². The van der Waals surface area contributed by atoms with Crippen LogP contribution >= 0.6 is 0 Å². The summed E-state index contributed by atoms with van der Waals surface area (Å²) in [6, 6.07) is 0. The van der Waals surface area contributed by atoms with Crippen molar-refractivity contribution in [3.05, 3.63) is 0 Å². The Morgan fingerprint density at radius 3 is 2.15 bits per heavy atom. The second-order valence-corrected chi connectivity index (χ2v) is 3.99. The van der Waals surface area contributed by atoms with Gasteiger partial charge in [0.1, 0.15) is 0 Å². The molecule has 80 valence electrons. The molecule has 0 amide bonds. The van der Waals surface area contributed by atoms with Crippen LogP contribution in [-0.4, -0.2) is 38.5 Å². The molecule has 0 aliphatic carbocycles. The Bertz CT molecular complexity index is 110. The first kappa shape index (κ1) is 12.9. The lowest BCUT2D eigenvalue weighted by Gasteiger charge is -2.20. The van der Waals surface area contributed by atoms with Crippen LogP contribution in [0.15, 0.2) is 0 Å². The second-order valence-electron chi connectivity index (χ2n) is 3.99. The molecule has 3 nitrogen and oxygen atoms in total. The summed E-state index contributed by atoms with van der Waals surface area (Å²) in [4.78, 5) is 0. The first-order valence-electron chi connectivity index (χ1n) is 4.97. The summed E-state index contributed by atoms with van der Waals surface area (Å²) < 4.78 is 10.5. The Morgan fingerprint density at radius 1 is 1.00 bits per heavy atom. The molecule has 13 heavy (non-hydrogen) atoms. The van der Waals surface area contributed by atoms with Crippen molar-refractivity contribution in [1.29, 1.82) is 0 Å². The number of hydrogen-bond acceptors (Lipinski definition) is 3. The summed E-state index contributed by atoms with van der Waals surface area (Å²) in [6.45, 7) is 12.2. The molecule has 0 saturated carbocycles. The van der Waals surface area contributed by atoms with Crippen LogP contribution in [0.2, 0.25) is 0 Å². The molecule has 0 aromatic carbocycles. The van der Waals surface area contributed by atoms with E-state index in [1.54, 1.807) is 0 Å². The Kier molecular flexibility index (Phi) is 7.23. The van der Waals surface area contributed by atoms with Gasteiger partial charge in [0.05, 0.1) is 19.8 Å². The average molecular weight is 189 g/mol. The molecule has 0 unspecified atom stereocenters. The summed E-state index contributed by atoms with van der Waals surface area (Å²) in [5.41, 5.74) is 0.184. The van der Waals surface area contributed by atoms with Gasteiger partial charge in [0.25, 0.3) is 0 Å². The van der Waals surface area contributed by atoms with Gasteiger partial charge in [-0.05, 0) is 27.7 Å². The van der Waals surface area contributed by atoms with Crippen molar-refractivity contribution in [3.8, 4) is 0 Å². The summed E-state index contributed by atoms with van der Waals surface area (Å²) in [5.74, 6) is 0. The Hall–Kier alpha value is -0.120. The van der Waals surface area contributed by atoms with Gasteiger partial charge in [-0.3, -0.25) is 0 Å². The van der Waals surface area contributed by atoms with E-state index in [0.29, 0.717) is 13.2 Å². The predicted octanol–water partition coefficient (Wildman–Crippen LogP) is 1.43. The molecule has 0 aliphatic rings. The molecule has 3 heteroatoms. The number of rotatable bonds is 7. The highest BCUT2D eigenvalue weighted by atomic mass is 16.5. The number of ether oxygens (including phenoxy) is 2. The highest BCUT2D eigenvalue weighted by molar-refractivity contribution is 4.69. The molecule has 0 aliphatic heterocycles. The molecule has 0 aromatic heterocycles. The SMILES string of the molecule is CCOCCOCCNC(C)(C)C. The van der Waals surface area contributed by atoms with E-state index in [0.717, 1.165) is 19.8 Å².